The number of carbonyl (C=O) groups excluding carboxylic acids is 1. The van der Waals surface area contributed by atoms with E-state index in [4.69, 9.17) is 9.47 Å². The molecule has 2 aromatic carbocycles. The molecule has 3 aromatic rings. The lowest BCUT2D eigenvalue weighted by Crippen LogP contribution is -2.31. The smallest absolute Gasteiger partial charge is 0.221 e. The third kappa shape index (κ3) is 3.83. The number of fused-ring (bicyclic) bond motifs is 1. The second-order valence-electron chi connectivity index (χ2n) is 6.78. The first-order chi connectivity index (χ1) is 13.7. The molecule has 1 aliphatic rings. The van der Waals surface area contributed by atoms with E-state index in [1.165, 1.54) is 0 Å². The quantitative estimate of drug-likeness (QED) is 0.712. The zero-order valence-corrected chi connectivity index (χ0v) is 15.7. The Kier molecular flexibility index (Phi) is 5.24. The topological polar surface area (TPSA) is 60.5 Å². The first-order valence-electron chi connectivity index (χ1n) is 9.30. The van der Waals surface area contributed by atoms with Gasteiger partial charge in [-0.15, -0.1) is 0 Å². The maximum atomic E-state index is 12.9. The SMILES string of the molecule is COc1ccc2c(c1)OCC2CC(=O)NC(c1ccccc1)c1ccccn1. The van der Waals surface area contributed by atoms with E-state index in [1.807, 2.05) is 66.7 Å². The van der Waals surface area contributed by atoms with Crippen LogP contribution in [0.3, 0.4) is 0 Å². The van der Waals surface area contributed by atoms with Crippen LogP contribution in [0.4, 0.5) is 0 Å². The molecule has 0 spiro atoms. The lowest BCUT2D eigenvalue weighted by molar-refractivity contribution is -0.122. The van der Waals surface area contributed by atoms with Crippen LogP contribution in [0, 0.1) is 0 Å². The number of rotatable bonds is 6. The van der Waals surface area contributed by atoms with Crippen molar-refractivity contribution in [3.8, 4) is 11.5 Å². The molecule has 0 bridgehead atoms. The monoisotopic (exact) mass is 374 g/mol. The number of ether oxygens (including phenoxy) is 2. The van der Waals surface area contributed by atoms with Gasteiger partial charge in [-0.1, -0.05) is 42.5 Å². The summed E-state index contributed by atoms with van der Waals surface area (Å²) >= 11 is 0. The molecule has 1 amide bonds. The number of methoxy groups -OCH3 is 1. The Morgan fingerprint density at radius 3 is 2.75 bits per heavy atom. The highest BCUT2D eigenvalue weighted by molar-refractivity contribution is 5.78. The second kappa shape index (κ2) is 8.13. The molecular formula is C23H22N2O3. The van der Waals surface area contributed by atoms with E-state index < -0.39 is 0 Å². The molecule has 5 nitrogen and oxygen atoms in total. The Hall–Kier alpha value is -3.34. The average molecular weight is 374 g/mol. The van der Waals surface area contributed by atoms with E-state index in [0.717, 1.165) is 28.3 Å². The van der Waals surface area contributed by atoms with E-state index >= 15 is 0 Å². The number of hydrogen-bond donors (Lipinski definition) is 1. The molecule has 0 radical (unpaired) electrons. The molecule has 0 saturated heterocycles. The zero-order chi connectivity index (χ0) is 19.3. The number of aromatic nitrogens is 1. The second-order valence-corrected chi connectivity index (χ2v) is 6.78. The van der Waals surface area contributed by atoms with Gasteiger partial charge in [0.2, 0.25) is 5.91 Å². The minimum atomic E-state index is -0.285. The summed E-state index contributed by atoms with van der Waals surface area (Å²) in [6, 6.07) is 21.1. The summed E-state index contributed by atoms with van der Waals surface area (Å²) in [5, 5.41) is 3.15. The van der Waals surface area contributed by atoms with Gasteiger partial charge < -0.3 is 14.8 Å². The van der Waals surface area contributed by atoms with Gasteiger partial charge in [0.15, 0.2) is 0 Å². The summed E-state index contributed by atoms with van der Waals surface area (Å²) in [5.74, 6) is 1.54. The number of amides is 1. The largest absolute Gasteiger partial charge is 0.497 e. The van der Waals surface area contributed by atoms with E-state index in [2.05, 4.69) is 10.3 Å². The van der Waals surface area contributed by atoms with E-state index in [9.17, 15) is 4.79 Å². The van der Waals surface area contributed by atoms with Crippen molar-refractivity contribution in [3.05, 3.63) is 89.7 Å². The number of hydrogen-bond acceptors (Lipinski definition) is 4. The van der Waals surface area contributed by atoms with Gasteiger partial charge in [-0.3, -0.25) is 9.78 Å². The summed E-state index contributed by atoms with van der Waals surface area (Å²) in [7, 11) is 1.63. The van der Waals surface area contributed by atoms with E-state index in [1.54, 1.807) is 13.3 Å². The minimum Gasteiger partial charge on any atom is -0.497 e. The molecule has 1 N–H and O–H groups in total. The van der Waals surface area contributed by atoms with Crippen LogP contribution in [-0.4, -0.2) is 24.6 Å². The molecule has 1 aliphatic heterocycles. The third-order valence-electron chi connectivity index (χ3n) is 4.95. The fourth-order valence-corrected chi connectivity index (χ4v) is 3.52. The maximum Gasteiger partial charge on any atom is 0.221 e. The molecule has 0 fully saturated rings. The minimum absolute atomic E-state index is 0.0288. The number of nitrogens with zero attached hydrogens (tertiary/aromatic N) is 1. The summed E-state index contributed by atoms with van der Waals surface area (Å²) in [4.78, 5) is 17.3. The van der Waals surface area contributed by atoms with Gasteiger partial charge in [0.1, 0.15) is 11.5 Å². The molecule has 142 valence electrons. The molecule has 4 rings (SSSR count). The predicted octanol–water partition coefficient (Wildman–Crippen LogP) is 3.86. The lowest BCUT2D eigenvalue weighted by atomic mass is 9.96. The van der Waals surface area contributed by atoms with Crippen molar-refractivity contribution in [2.45, 2.75) is 18.4 Å². The highest BCUT2D eigenvalue weighted by atomic mass is 16.5. The van der Waals surface area contributed by atoms with Gasteiger partial charge in [-0.25, -0.2) is 0 Å². The Bertz CT molecular complexity index is 905. The van der Waals surface area contributed by atoms with Crippen molar-refractivity contribution in [1.82, 2.24) is 10.3 Å². The fraction of sp³-hybridized carbons (Fsp3) is 0.217. The molecular weight excluding hydrogens is 352 g/mol. The molecule has 2 atom stereocenters. The van der Waals surface area contributed by atoms with Crippen LogP contribution < -0.4 is 14.8 Å². The van der Waals surface area contributed by atoms with Crippen LogP contribution >= 0.6 is 0 Å². The molecule has 2 unspecified atom stereocenters. The summed E-state index contributed by atoms with van der Waals surface area (Å²) in [6.45, 7) is 0.496. The van der Waals surface area contributed by atoms with Crippen LogP contribution in [0.15, 0.2) is 72.9 Å². The van der Waals surface area contributed by atoms with Crippen LogP contribution in [-0.2, 0) is 4.79 Å². The standard InChI is InChI=1S/C23H22N2O3/c1-27-18-10-11-19-17(15-28-21(19)14-18)13-22(26)25-23(16-7-3-2-4-8-16)20-9-5-6-12-24-20/h2-12,14,17,23H,13,15H2,1H3,(H,25,26). The molecule has 0 aliphatic carbocycles. The van der Waals surface area contributed by atoms with Crippen LogP contribution in [0.25, 0.3) is 0 Å². The van der Waals surface area contributed by atoms with Crippen LogP contribution in [0.1, 0.15) is 35.2 Å². The van der Waals surface area contributed by atoms with Gasteiger partial charge in [0.05, 0.1) is 25.5 Å². The van der Waals surface area contributed by atoms with Gasteiger partial charge >= 0.3 is 0 Å². The Morgan fingerprint density at radius 1 is 1.18 bits per heavy atom. The van der Waals surface area contributed by atoms with Gasteiger partial charge in [-0.05, 0) is 23.8 Å². The predicted molar refractivity (Wildman–Crippen MR) is 107 cm³/mol. The van der Waals surface area contributed by atoms with Crippen molar-refractivity contribution >= 4 is 5.91 Å². The Labute approximate surface area is 164 Å². The summed E-state index contributed by atoms with van der Waals surface area (Å²) < 4.78 is 11.0. The number of nitrogens with one attached hydrogen (secondary N) is 1. The highest BCUT2D eigenvalue weighted by Gasteiger charge is 2.28. The number of pyridine rings is 1. The Morgan fingerprint density at radius 2 is 2.00 bits per heavy atom. The van der Waals surface area contributed by atoms with Crippen LogP contribution in [0.2, 0.25) is 0 Å². The maximum absolute atomic E-state index is 12.9. The van der Waals surface area contributed by atoms with E-state index in [0.29, 0.717) is 13.0 Å². The van der Waals surface area contributed by atoms with Gasteiger partial charge in [0.25, 0.3) is 0 Å². The third-order valence-corrected chi connectivity index (χ3v) is 4.95. The van der Waals surface area contributed by atoms with Crippen molar-refractivity contribution < 1.29 is 14.3 Å². The summed E-state index contributed by atoms with van der Waals surface area (Å²) in [6.07, 6.45) is 2.10. The molecule has 5 heteroatoms. The highest BCUT2D eigenvalue weighted by Crippen LogP contribution is 2.38. The van der Waals surface area contributed by atoms with Gasteiger partial charge in [0, 0.05) is 30.2 Å². The Balaban J connectivity index is 1.51. The average Bonchev–Trinajstić information content (AvgIpc) is 3.15. The normalized spacial score (nSPS) is 16.0. The van der Waals surface area contributed by atoms with Crippen molar-refractivity contribution in [3.63, 3.8) is 0 Å². The van der Waals surface area contributed by atoms with Crippen molar-refractivity contribution in [1.29, 1.82) is 0 Å². The first-order valence-corrected chi connectivity index (χ1v) is 9.30. The van der Waals surface area contributed by atoms with Crippen molar-refractivity contribution in [2.24, 2.45) is 0 Å². The van der Waals surface area contributed by atoms with Gasteiger partial charge in [-0.2, -0.15) is 0 Å². The summed E-state index contributed by atoms with van der Waals surface area (Å²) in [5.41, 5.74) is 2.86. The number of benzene rings is 2. The molecule has 28 heavy (non-hydrogen) atoms. The number of carbonyl (C=O) groups is 1. The first kappa shape index (κ1) is 18.0. The molecule has 1 aromatic heterocycles. The van der Waals surface area contributed by atoms with Crippen molar-refractivity contribution in [2.75, 3.05) is 13.7 Å². The lowest BCUT2D eigenvalue weighted by Gasteiger charge is -2.20. The fourth-order valence-electron chi connectivity index (χ4n) is 3.52. The zero-order valence-electron chi connectivity index (χ0n) is 15.7. The van der Waals surface area contributed by atoms with Crippen LogP contribution in [0.5, 0.6) is 11.5 Å². The molecule has 2 heterocycles. The van der Waals surface area contributed by atoms with E-state index in [-0.39, 0.29) is 17.9 Å². The molecule has 0 saturated carbocycles.